The van der Waals surface area contributed by atoms with Crippen molar-refractivity contribution in [3.63, 3.8) is 0 Å². The summed E-state index contributed by atoms with van der Waals surface area (Å²) in [6, 6.07) is 16.2. The molecule has 0 unspecified atom stereocenters. The number of amides is 1. The Morgan fingerprint density at radius 1 is 1.04 bits per heavy atom. The van der Waals surface area contributed by atoms with Crippen molar-refractivity contribution in [1.82, 2.24) is 15.5 Å². The smallest absolute Gasteiger partial charge is 0.253 e. The molecule has 0 radical (unpaired) electrons. The minimum atomic E-state index is 0. The van der Waals surface area contributed by atoms with Gasteiger partial charge in [0, 0.05) is 32.7 Å². The van der Waals surface area contributed by atoms with Gasteiger partial charge in [0.25, 0.3) is 5.91 Å². The Morgan fingerprint density at radius 3 is 2.36 bits per heavy atom. The first-order valence-electron chi connectivity index (χ1n) is 9.38. The van der Waals surface area contributed by atoms with Crippen LogP contribution in [0.4, 0.5) is 0 Å². The summed E-state index contributed by atoms with van der Waals surface area (Å²) in [5, 5.41) is 6.65. The molecule has 2 rings (SSSR count). The van der Waals surface area contributed by atoms with Gasteiger partial charge in [-0.3, -0.25) is 4.79 Å². The van der Waals surface area contributed by atoms with Gasteiger partial charge in [0.05, 0.1) is 6.54 Å². The highest BCUT2D eigenvalue weighted by Gasteiger charge is 2.07. The van der Waals surface area contributed by atoms with Crippen molar-refractivity contribution in [3.8, 4) is 0 Å². The molecular weight excluding hydrogens is 463 g/mol. The van der Waals surface area contributed by atoms with Gasteiger partial charge in [0.1, 0.15) is 0 Å². The highest BCUT2D eigenvalue weighted by atomic mass is 127. The topological polar surface area (TPSA) is 56.7 Å². The molecule has 152 valence electrons. The van der Waals surface area contributed by atoms with Gasteiger partial charge in [-0.25, -0.2) is 4.99 Å². The molecule has 2 aromatic carbocycles. The summed E-state index contributed by atoms with van der Waals surface area (Å²) in [5.41, 5.74) is 4.36. The van der Waals surface area contributed by atoms with Crippen LogP contribution >= 0.6 is 24.0 Å². The summed E-state index contributed by atoms with van der Waals surface area (Å²) in [5.74, 6) is 0.815. The van der Waals surface area contributed by atoms with Gasteiger partial charge in [0.2, 0.25) is 0 Å². The van der Waals surface area contributed by atoms with Crippen LogP contribution in [0, 0.1) is 6.92 Å². The van der Waals surface area contributed by atoms with Crippen LogP contribution in [0.15, 0.2) is 53.5 Å². The molecule has 0 spiro atoms. The molecule has 0 fully saturated rings. The summed E-state index contributed by atoms with van der Waals surface area (Å²) in [6.45, 7) is 6.37. The van der Waals surface area contributed by atoms with E-state index >= 15 is 0 Å². The van der Waals surface area contributed by atoms with Gasteiger partial charge in [-0.15, -0.1) is 24.0 Å². The Balaban J connectivity index is 0.00000392. The number of aliphatic imine (C=N–C) groups is 1. The lowest BCUT2D eigenvalue weighted by atomic mass is 10.1. The summed E-state index contributed by atoms with van der Waals surface area (Å²) < 4.78 is 0. The van der Waals surface area contributed by atoms with E-state index in [0.29, 0.717) is 12.1 Å². The maximum absolute atomic E-state index is 11.9. The molecular formula is C22H31IN4O. The number of hydrogen-bond acceptors (Lipinski definition) is 2. The zero-order valence-electron chi connectivity index (χ0n) is 17.2. The van der Waals surface area contributed by atoms with E-state index in [4.69, 9.17) is 0 Å². The molecule has 2 N–H and O–H groups in total. The lowest BCUT2D eigenvalue weighted by molar-refractivity contribution is 0.0827. The largest absolute Gasteiger partial charge is 0.357 e. The van der Waals surface area contributed by atoms with E-state index in [0.717, 1.165) is 31.0 Å². The third-order valence-electron chi connectivity index (χ3n) is 4.16. The van der Waals surface area contributed by atoms with E-state index in [9.17, 15) is 4.79 Å². The second-order valence-corrected chi connectivity index (χ2v) is 6.76. The number of rotatable bonds is 7. The van der Waals surface area contributed by atoms with E-state index < -0.39 is 0 Å². The van der Waals surface area contributed by atoms with Crippen molar-refractivity contribution >= 4 is 35.8 Å². The number of hydrogen-bond donors (Lipinski definition) is 2. The van der Waals surface area contributed by atoms with E-state index in [1.807, 2.05) is 24.3 Å². The van der Waals surface area contributed by atoms with Crippen LogP contribution in [0.3, 0.4) is 0 Å². The van der Waals surface area contributed by atoms with Crippen molar-refractivity contribution in [3.05, 3.63) is 70.8 Å². The van der Waals surface area contributed by atoms with Gasteiger partial charge in [-0.1, -0.05) is 42.0 Å². The van der Waals surface area contributed by atoms with Crippen molar-refractivity contribution < 1.29 is 4.79 Å². The molecule has 6 heteroatoms. The molecule has 1 amide bonds. The van der Waals surface area contributed by atoms with E-state index in [2.05, 4.69) is 53.7 Å². The number of carbonyl (C=O) groups excluding carboxylic acids is 1. The number of benzene rings is 2. The summed E-state index contributed by atoms with van der Waals surface area (Å²) in [7, 11) is 3.51. The van der Waals surface area contributed by atoms with Gasteiger partial charge < -0.3 is 15.5 Å². The van der Waals surface area contributed by atoms with Crippen molar-refractivity contribution in [2.45, 2.75) is 26.8 Å². The zero-order valence-corrected chi connectivity index (χ0v) is 19.5. The van der Waals surface area contributed by atoms with Gasteiger partial charge in [-0.05, 0) is 43.5 Å². The molecule has 0 atom stereocenters. The van der Waals surface area contributed by atoms with Crippen LogP contribution in [0.5, 0.6) is 0 Å². The first-order valence-corrected chi connectivity index (χ1v) is 9.38. The summed E-state index contributed by atoms with van der Waals surface area (Å²) in [6.07, 6.45) is 0.952. The second kappa shape index (κ2) is 12.4. The zero-order chi connectivity index (χ0) is 19.6. The van der Waals surface area contributed by atoms with Crippen molar-refractivity contribution in [1.29, 1.82) is 0 Å². The minimum Gasteiger partial charge on any atom is -0.357 e. The fourth-order valence-electron chi connectivity index (χ4n) is 2.72. The van der Waals surface area contributed by atoms with Crippen LogP contribution in [-0.2, 0) is 13.0 Å². The maximum atomic E-state index is 11.9. The number of halogens is 1. The number of nitrogens with zero attached hydrogens (tertiary/aromatic N) is 2. The lowest BCUT2D eigenvalue weighted by Gasteiger charge is -2.12. The fourth-order valence-corrected chi connectivity index (χ4v) is 2.72. The van der Waals surface area contributed by atoms with Gasteiger partial charge in [0.15, 0.2) is 5.96 Å². The van der Waals surface area contributed by atoms with Crippen LogP contribution in [-0.4, -0.2) is 44.0 Å². The molecule has 28 heavy (non-hydrogen) atoms. The first-order chi connectivity index (χ1) is 13.0. The monoisotopic (exact) mass is 494 g/mol. The summed E-state index contributed by atoms with van der Waals surface area (Å²) in [4.78, 5) is 18.2. The molecule has 0 aromatic heterocycles. The minimum absolute atomic E-state index is 0. The molecule has 0 saturated heterocycles. The van der Waals surface area contributed by atoms with E-state index in [-0.39, 0.29) is 29.9 Å². The molecule has 0 aliphatic carbocycles. The fraction of sp³-hybridized carbons (Fsp3) is 0.364. The van der Waals surface area contributed by atoms with Gasteiger partial charge >= 0.3 is 0 Å². The standard InChI is InChI=1S/C22H30N4O.HI/c1-5-23-22(24-14-13-18-8-6-7-17(2)15-18)25-16-19-9-11-20(12-10-19)21(27)26(3)4;/h6-12,15H,5,13-14,16H2,1-4H3,(H2,23,24,25);1H. The van der Waals surface area contributed by atoms with Crippen molar-refractivity contribution in [2.24, 2.45) is 4.99 Å². The van der Waals surface area contributed by atoms with Crippen LogP contribution < -0.4 is 10.6 Å². The third kappa shape index (κ3) is 7.88. The molecule has 5 nitrogen and oxygen atoms in total. The highest BCUT2D eigenvalue weighted by molar-refractivity contribution is 14.0. The number of aryl methyl sites for hydroxylation is 1. The number of nitrogens with one attached hydrogen (secondary N) is 2. The Kier molecular flexibility index (Phi) is 10.6. The Hall–Kier alpha value is -2.09. The highest BCUT2D eigenvalue weighted by Crippen LogP contribution is 2.08. The van der Waals surface area contributed by atoms with Gasteiger partial charge in [-0.2, -0.15) is 0 Å². The molecule has 0 aliphatic heterocycles. The molecule has 2 aromatic rings. The Bertz CT molecular complexity index is 772. The molecule has 0 heterocycles. The SMILES string of the molecule is CCNC(=NCc1ccc(C(=O)N(C)C)cc1)NCCc1cccc(C)c1.I. The summed E-state index contributed by atoms with van der Waals surface area (Å²) >= 11 is 0. The third-order valence-corrected chi connectivity index (χ3v) is 4.16. The predicted molar refractivity (Wildman–Crippen MR) is 128 cm³/mol. The van der Waals surface area contributed by atoms with Crippen LogP contribution in [0.1, 0.15) is 34.0 Å². The molecule has 0 aliphatic rings. The average molecular weight is 494 g/mol. The lowest BCUT2D eigenvalue weighted by Crippen LogP contribution is -2.38. The molecule has 0 saturated carbocycles. The second-order valence-electron chi connectivity index (χ2n) is 6.76. The first kappa shape index (κ1) is 23.9. The number of guanidine groups is 1. The quantitative estimate of drug-likeness (QED) is 0.351. The van der Waals surface area contributed by atoms with Crippen LogP contribution in [0.25, 0.3) is 0 Å². The van der Waals surface area contributed by atoms with E-state index in [1.54, 1.807) is 19.0 Å². The maximum Gasteiger partial charge on any atom is 0.253 e. The van der Waals surface area contributed by atoms with Crippen molar-refractivity contribution in [2.75, 3.05) is 27.2 Å². The normalized spacial score (nSPS) is 10.8. The molecule has 0 bridgehead atoms. The average Bonchev–Trinajstić information content (AvgIpc) is 2.66. The van der Waals surface area contributed by atoms with Crippen LogP contribution in [0.2, 0.25) is 0 Å². The Morgan fingerprint density at radius 2 is 1.75 bits per heavy atom. The Labute approximate surface area is 185 Å². The number of carbonyl (C=O) groups is 1. The predicted octanol–water partition coefficient (Wildman–Crippen LogP) is 3.61. The van der Waals surface area contributed by atoms with E-state index in [1.165, 1.54) is 11.1 Å².